The maximum absolute atomic E-state index is 6.28. The Morgan fingerprint density at radius 1 is 0.431 bits per heavy atom. The fourth-order valence-corrected chi connectivity index (χ4v) is 8.35. The van der Waals surface area contributed by atoms with E-state index in [1.807, 2.05) is 12.1 Å². The largest absolute Gasteiger partial charge is 0.456 e. The van der Waals surface area contributed by atoms with Crippen molar-refractivity contribution in [1.82, 2.24) is 0 Å². The summed E-state index contributed by atoms with van der Waals surface area (Å²) in [6.45, 7) is 4.71. The molecule has 2 nitrogen and oxygen atoms in total. The van der Waals surface area contributed by atoms with Gasteiger partial charge < -0.3 is 9.32 Å². The van der Waals surface area contributed by atoms with Gasteiger partial charge in [0.25, 0.3) is 0 Å². The third-order valence-corrected chi connectivity index (χ3v) is 10.9. The van der Waals surface area contributed by atoms with Crippen LogP contribution < -0.4 is 4.90 Å². The van der Waals surface area contributed by atoms with E-state index in [2.05, 4.69) is 183 Å². The van der Waals surface area contributed by atoms with Gasteiger partial charge in [-0.3, -0.25) is 0 Å². The Labute approximate surface area is 297 Å². The minimum atomic E-state index is -0.126. The summed E-state index contributed by atoms with van der Waals surface area (Å²) >= 11 is 0. The van der Waals surface area contributed by atoms with E-state index in [4.69, 9.17) is 4.42 Å². The molecule has 0 aliphatic heterocycles. The molecule has 0 amide bonds. The standard InChI is InChI=1S/C49H35NO/c1-49(2)43-21-10-8-19-39(43)40-26-25-37(31-44(40)49)50(36-17-12-16-34(29-36)32-13-4-3-5-14-32)45-27-23-33-15-6-7-18-38(33)48(45)35-24-28-47-42(30-35)41-20-9-11-22-46(41)51-47/h3-31H,1-2H3. The minimum absolute atomic E-state index is 0.126. The first-order valence-electron chi connectivity index (χ1n) is 17.7. The van der Waals surface area contributed by atoms with Crippen LogP contribution in [0.4, 0.5) is 17.1 Å². The molecule has 10 rings (SSSR count). The lowest BCUT2D eigenvalue weighted by atomic mass is 9.82. The van der Waals surface area contributed by atoms with Crippen molar-refractivity contribution >= 4 is 49.8 Å². The van der Waals surface area contributed by atoms with Crippen molar-refractivity contribution < 1.29 is 4.42 Å². The first-order valence-corrected chi connectivity index (χ1v) is 17.7. The number of rotatable bonds is 5. The Kier molecular flexibility index (Phi) is 6.56. The van der Waals surface area contributed by atoms with Gasteiger partial charge in [-0.25, -0.2) is 0 Å². The lowest BCUT2D eigenvalue weighted by molar-refractivity contribution is 0.660. The van der Waals surface area contributed by atoms with Crippen molar-refractivity contribution in [2.45, 2.75) is 19.3 Å². The third-order valence-electron chi connectivity index (χ3n) is 10.9. The van der Waals surface area contributed by atoms with Gasteiger partial charge in [0.05, 0.1) is 5.69 Å². The van der Waals surface area contributed by atoms with Gasteiger partial charge >= 0.3 is 0 Å². The fourth-order valence-electron chi connectivity index (χ4n) is 8.35. The highest BCUT2D eigenvalue weighted by atomic mass is 16.3. The van der Waals surface area contributed by atoms with E-state index in [1.54, 1.807) is 0 Å². The van der Waals surface area contributed by atoms with Crippen LogP contribution in [0.2, 0.25) is 0 Å². The SMILES string of the molecule is CC1(C)c2ccccc2-c2ccc(N(c3cccc(-c4ccccc4)c3)c3ccc4ccccc4c3-c3ccc4oc5ccccc5c4c3)cc21. The summed E-state index contributed by atoms with van der Waals surface area (Å²) in [5, 5.41) is 4.66. The molecule has 0 atom stereocenters. The molecule has 0 radical (unpaired) electrons. The lowest BCUT2D eigenvalue weighted by Gasteiger charge is -2.30. The third kappa shape index (κ3) is 4.64. The molecule has 0 N–H and O–H groups in total. The van der Waals surface area contributed by atoms with Gasteiger partial charge in [0.1, 0.15) is 11.2 Å². The van der Waals surface area contributed by atoms with Crippen molar-refractivity contribution in [2.24, 2.45) is 0 Å². The molecule has 0 fully saturated rings. The number of hydrogen-bond acceptors (Lipinski definition) is 2. The Balaban J connectivity index is 1.26. The Morgan fingerprint density at radius 3 is 2.04 bits per heavy atom. The molecule has 1 aromatic heterocycles. The zero-order chi connectivity index (χ0) is 34.1. The van der Waals surface area contributed by atoms with Gasteiger partial charge in [0, 0.05) is 33.1 Å². The number of anilines is 3. The summed E-state index contributed by atoms with van der Waals surface area (Å²) in [4.78, 5) is 2.46. The van der Waals surface area contributed by atoms with Crippen molar-refractivity contribution in [3.05, 3.63) is 187 Å². The van der Waals surface area contributed by atoms with E-state index >= 15 is 0 Å². The Morgan fingerprint density at radius 2 is 1.14 bits per heavy atom. The summed E-state index contributed by atoms with van der Waals surface area (Å²) in [5.74, 6) is 0. The van der Waals surface area contributed by atoms with E-state index in [9.17, 15) is 0 Å². The van der Waals surface area contributed by atoms with Gasteiger partial charge in [-0.1, -0.05) is 141 Å². The second-order valence-electron chi connectivity index (χ2n) is 14.1. The average Bonchev–Trinajstić information content (AvgIpc) is 3.66. The maximum Gasteiger partial charge on any atom is 0.135 e. The van der Waals surface area contributed by atoms with Crippen LogP contribution in [-0.2, 0) is 5.41 Å². The van der Waals surface area contributed by atoms with Crippen LogP contribution in [0.1, 0.15) is 25.0 Å². The molecule has 1 heterocycles. The minimum Gasteiger partial charge on any atom is -0.456 e. The van der Waals surface area contributed by atoms with Crippen LogP contribution in [0.25, 0.3) is 66.1 Å². The normalized spacial score (nSPS) is 13.1. The number of hydrogen-bond donors (Lipinski definition) is 0. The summed E-state index contributed by atoms with van der Waals surface area (Å²) in [6.07, 6.45) is 0. The molecule has 0 unspecified atom stereocenters. The molecule has 2 heteroatoms. The topological polar surface area (TPSA) is 16.4 Å². The number of furan rings is 1. The molecule has 0 saturated carbocycles. The quantitative estimate of drug-likeness (QED) is 0.184. The highest BCUT2D eigenvalue weighted by molar-refractivity contribution is 6.10. The van der Waals surface area contributed by atoms with Crippen molar-refractivity contribution in [3.63, 3.8) is 0 Å². The number of benzene rings is 8. The summed E-state index contributed by atoms with van der Waals surface area (Å²) in [7, 11) is 0. The number of fused-ring (bicyclic) bond motifs is 7. The molecule has 0 saturated heterocycles. The zero-order valence-corrected chi connectivity index (χ0v) is 28.6. The smallest absolute Gasteiger partial charge is 0.135 e. The average molecular weight is 654 g/mol. The summed E-state index contributed by atoms with van der Waals surface area (Å²) in [6, 6.07) is 63.8. The highest BCUT2D eigenvalue weighted by Crippen LogP contribution is 2.52. The molecule has 1 aliphatic carbocycles. The highest BCUT2D eigenvalue weighted by Gasteiger charge is 2.36. The second-order valence-corrected chi connectivity index (χ2v) is 14.1. The van der Waals surface area contributed by atoms with Crippen LogP contribution in [-0.4, -0.2) is 0 Å². The molecule has 51 heavy (non-hydrogen) atoms. The molecular formula is C49H35NO. The fraction of sp³-hybridized carbons (Fsp3) is 0.0612. The predicted molar refractivity (Wildman–Crippen MR) is 214 cm³/mol. The second kappa shape index (κ2) is 11.3. The molecule has 0 bridgehead atoms. The van der Waals surface area contributed by atoms with Gasteiger partial charge in [0.2, 0.25) is 0 Å². The van der Waals surface area contributed by atoms with Gasteiger partial charge in [-0.05, 0) is 98.2 Å². The van der Waals surface area contributed by atoms with E-state index in [0.717, 1.165) is 44.6 Å². The first kappa shape index (κ1) is 29.5. The van der Waals surface area contributed by atoms with Crippen LogP contribution in [0, 0.1) is 0 Å². The van der Waals surface area contributed by atoms with E-state index in [1.165, 1.54) is 49.7 Å². The summed E-state index contributed by atoms with van der Waals surface area (Å²) in [5.41, 5.74) is 15.1. The van der Waals surface area contributed by atoms with Crippen molar-refractivity contribution in [1.29, 1.82) is 0 Å². The van der Waals surface area contributed by atoms with Crippen LogP contribution in [0.15, 0.2) is 180 Å². The van der Waals surface area contributed by atoms with Crippen LogP contribution in [0.3, 0.4) is 0 Å². The molecule has 1 aliphatic rings. The van der Waals surface area contributed by atoms with Crippen molar-refractivity contribution in [3.8, 4) is 33.4 Å². The maximum atomic E-state index is 6.28. The van der Waals surface area contributed by atoms with Crippen molar-refractivity contribution in [2.75, 3.05) is 4.90 Å². The van der Waals surface area contributed by atoms with E-state index in [0.29, 0.717) is 0 Å². The first-order chi connectivity index (χ1) is 25.0. The Bertz CT molecular complexity index is 2790. The number of para-hydroxylation sites is 1. The number of nitrogens with zero attached hydrogens (tertiary/aromatic N) is 1. The zero-order valence-electron chi connectivity index (χ0n) is 28.6. The van der Waals surface area contributed by atoms with E-state index in [-0.39, 0.29) is 5.41 Å². The van der Waals surface area contributed by atoms with Gasteiger partial charge in [-0.15, -0.1) is 0 Å². The van der Waals surface area contributed by atoms with E-state index < -0.39 is 0 Å². The van der Waals surface area contributed by atoms with Crippen LogP contribution in [0.5, 0.6) is 0 Å². The predicted octanol–water partition coefficient (Wildman–Crippen LogP) is 13.8. The molecule has 242 valence electrons. The lowest BCUT2D eigenvalue weighted by Crippen LogP contribution is -2.17. The monoisotopic (exact) mass is 653 g/mol. The van der Waals surface area contributed by atoms with Gasteiger partial charge in [-0.2, -0.15) is 0 Å². The molecule has 0 spiro atoms. The van der Waals surface area contributed by atoms with Gasteiger partial charge in [0.15, 0.2) is 0 Å². The molecular weight excluding hydrogens is 619 g/mol. The Hall–Kier alpha value is -6.38. The van der Waals surface area contributed by atoms with Crippen LogP contribution >= 0.6 is 0 Å². The molecule has 8 aromatic carbocycles. The summed E-state index contributed by atoms with van der Waals surface area (Å²) < 4.78 is 6.28. The molecule has 9 aromatic rings.